The van der Waals surface area contributed by atoms with Crippen molar-refractivity contribution in [2.45, 2.75) is 38.6 Å². The monoisotopic (exact) mass is 240 g/mol. The van der Waals surface area contributed by atoms with Crippen molar-refractivity contribution in [1.82, 2.24) is 10.2 Å². The van der Waals surface area contributed by atoms with E-state index in [9.17, 15) is 9.59 Å². The largest absolute Gasteiger partial charge is 0.481 e. The predicted molar refractivity (Wildman–Crippen MR) is 64.8 cm³/mol. The summed E-state index contributed by atoms with van der Waals surface area (Å²) in [7, 11) is 0. The summed E-state index contributed by atoms with van der Waals surface area (Å²) in [6.07, 6.45) is 6.41. The molecule has 1 rings (SSSR count). The van der Waals surface area contributed by atoms with Gasteiger partial charge in [-0.25, -0.2) is 4.79 Å². The first-order valence-corrected chi connectivity index (χ1v) is 6.02. The number of urea groups is 1. The molecule has 0 spiro atoms. The Bertz CT molecular complexity index is 302. The Morgan fingerprint density at radius 3 is 2.82 bits per heavy atom. The molecule has 0 radical (unpaired) electrons. The number of aliphatic carboxylic acids is 1. The molecule has 2 N–H and O–H groups in total. The zero-order valence-corrected chi connectivity index (χ0v) is 10.2. The van der Waals surface area contributed by atoms with Crippen molar-refractivity contribution in [1.29, 1.82) is 0 Å². The van der Waals surface area contributed by atoms with Gasteiger partial charge in [0.15, 0.2) is 0 Å². The van der Waals surface area contributed by atoms with Crippen LogP contribution in [0.4, 0.5) is 4.79 Å². The lowest BCUT2D eigenvalue weighted by Crippen LogP contribution is -2.45. The van der Waals surface area contributed by atoms with Gasteiger partial charge in [-0.3, -0.25) is 4.79 Å². The predicted octanol–water partition coefficient (Wildman–Crippen LogP) is 1.60. The van der Waals surface area contributed by atoms with Gasteiger partial charge in [0.2, 0.25) is 0 Å². The summed E-state index contributed by atoms with van der Waals surface area (Å²) in [5.74, 6) is -0.787. The number of carbonyl (C=O) groups is 2. The van der Waals surface area contributed by atoms with Gasteiger partial charge in [0.1, 0.15) is 0 Å². The maximum Gasteiger partial charge on any atom is 0.317 e. The Balaban J connectivity index is 2.20. The lowest BCUT2D eigenvalue weighted by molar-refractivity contribution is -0.137. The van der Waals surface area contributed by atoms with Crippen LogP contribution in [0.3, 0.4) is 0 Å². The molecule has 1 aliphatic heterocycles. The number of nitrogens with zero attached hydrogens (tertiary/aromatic N) is 1. The van der Waals surface area contributed by atoms with Gasteiger partial charge in [-0.1, -0.05) is 12.2 Å². The van der Waals surface area contributed by atoms with Crippen molar-refractivity contribution in [2.75, 3.05) is 13.1 Å². The second-order valence-corrected chi connectivity index (χ2v) is 4.34. The summed E-state index contributed by atoms with van der Waals surface area (Å²) in [6, 6.07) is -0.0371. The summed E-state index contributed by atoms with van der Waals surface area (Å²) < 4.78 is 0. The number of rotatable bonds is 5. The molecule has 0 aromatic heterocycles. The summed E-state index contributed by atoms with van der Waals surface area (Å²) in [5, 5.41) is 11.4. The van der Waals surface area contributed by atoms with Crippen LogP contribution in [-0.2, 0) is 4.79 Å². The Hall–Kier alpha value is -1.52. The molecule has 2 amide bonds. The Labute approximate surface area is 101 Å². The van der Waals surface area contributed by atoms with E-state index in [0.29, 0.717) is 19.4 Å². The lowest BCUT2D eigenvalue weighted by Gasteiger charge is -2.25. The molecule has 0 fully saturated rings. The van der Waals surface area contributed by atoms with Gasteiger partial charge in [-0.05, 0) is 26.2 Å². The smallest absolute Gasteiger partial charge is 0.317 e. The van der Waals surface area contributed by atoms with Crippen molar-refractivity contribution >= 4 is 12.0 Å². The van der Waals surface area contributed by atoms with E-state index in [1.54, 1.807) is 4.90 Å². The van der Waals surface area contributed by atoms with E-state index in [2.05, 4.69) is 11.4 Å². The Morgan fingerprint density at radius 1 is 1.47 bits per heavy atom. The van der Waals surface area contributed by atoms with Crippen molar-refractivity contribution in [3.8, 4) is 0 Å². The summed E-state index contributed by atoms with van der Waals surface area (Å²) >= 11 is 0. The minimum absolute atomic E-state index is 0.0211. The quantitative estimate of drug-likeness (QED) is 0.717. The van der Waals surface area contributed by atoms with Crippen LogP contribution in [0.2, 0.25) is 0 Å². The van der Waals surface area contributed by atoms with Gasteiger partial charge in [-0.2, -0.15) is 0 Å². The van der Waals surface area contributed by atoms with Crippen LogP contribution in [-0.4, -0.2) is 41.1 Å². The molecule has 1 aliphatic rings. The first-order valence-electron chi connectivity index (χ1n) is 6.02. The van der Waals surface area contributed by atoms with Crippen LogP contribution in [0, 0.1) is 0 Å². The highest BCUT2D eigenvalue weighted by molar-refractivity contribution is 5.74. The highest BCUT2D eigenvalue weighted by Gasteiger charge is 2.15. The molecule has 5 heteroatoms. The van der Waals surface area contributed by atoms with Crippen molar-refractivity contribution in [3.63, 3.8) is 0 Å². The maximum absolute atomic E-state index is 11.8. The molecule has 0 bridgehead atoms. The molecule has 17 heavy (non-hydrogen) atoms. The molecule has 1 unspecified atom stereocenters. The molecule has 0 aromatic rings. The zero-order valence-electron chi connectivity index (χ0n) is 10.2. The number of carboxylic acids is 1. The van der Waals surface area contributed by atoms with E-state index in [1.807, 2.05) is 13.0 Å². The molecule has 0 aliphatic carbocycles. The minimum Gasteiger partial charge on any atom is -0.481 e. The van der Waals surface area contributed by atoms with E-state index in [-0.39, 0.29) is 18.5 Å². The van der Waals surface area contributed by atoms with Gasteiger partial charge < -0.3 is 15.3 Å². The van der Waals surface area contributed by atoms with Gasteiger partial charge >= 0.3 is 12.0 Å². The second-order valence-electron chi connectivity index (χ2n) is 4.34. The van der Waals surface area contributed by atoms with Crippen molar-refractivity contribution < 1.29 is 14.7 Å². The molecule has 1 heterocycles. The fourth-order valence-electron chi connectivity index (χ4n) is 1.76. The average Bonchev–Trinajstić information content (AvgIpc) is 2.29. The summed E-state index contributed by atoms with van der Waals surface area (Å²) in [5.41, 5.74) is 0. The normalized spacial score (nSPS) is 16.6. The van der Waals surface area contributed by atoms with Crippen LogP contribution in [0.25, 0.3) is 0 Å². The number of nitrogens with one attached hydrogen (secondary N) is 1. The maximum atomic E-state index is 11.8. The van der Waals surface area contributed by atoms with Gasteiger partial charge in [0.05, 0.1) is 0 Å². The minimum atomic E-state index is -0.787. The van der Waals surface area contributed by atoms with Crippen LogP contribution >= 0.6 is 0 Å². The van der Waals surface area contributed by atoms with Crippen LogP contribution in [0.1, 0.15) is 32.6 Å². The Morgan fingerprint density at radius 2 is 2.24 bits per heavy atom. The van der Waals surface area contributed by atoms with E-state index in [0.717, 1.165) is 13.0 Å². The third-order valence-corrected chi connectivity index (χ3v) is 2.74. The second kappa shape index (κ2) is 6.93. The number of hydrogen-bond acceptors (Lipinski definition) is 2. The van der Waals surface area contributed by atoms with Gasteiger partial charge in [0.25, 0.3) is 0 Å². The van der Waals surface area contributed by atoms with Crippen LogP contribution < -0.4 is 5.32 Å². The SMILES string of the molecule is CC(CCCC(=O)O)NC(=O)N1CC=CCC1. The lowest BCUT2D eigenvalue weighted by atomic mass is 10.1. The summed E-state index contributed by atoms with van der Waals surface area (Å²) in [4.78, 5) is 23.9. The third-order valence-electron chi connectivity index (χ3n) is 2.74. The fourth-order valence-corrected chi connectivity index (χ4v) is 1.76. The first-order chi connectivity index (χ1) is 8.09. The van der Waals surface area contributed by atoms with E-state index >= 15 is 0 Å². The topological polar surface area (TPSA) is 69.6 Å². The van der Waals surface area contributed by atoms with Gasteiger partial charge in [-0.15, -0.1) is 0 Å². The number of carbonyl (C=O) groups excluding carboxylic acids is 1. The third kappa shape index (κ3) is 5.38. The molecule has 5 nitrogen and oxygen atoms in total. The highest BCUT2D eigenvalue weighted by Crippen LogP contribution is 2.04. The standard InChI is InChI=1S/C12H20N2O3/c1-10(6-5-7-11(15)16)13-12(17)14-8-3-2-4-9-14/h2-3,10H,4-9H2,1H3,(H,13,17)(H,15,16). The molecular weight excluding hydrogens is 220 g/mol. The van der Waals surface area contributed by atoms with Crippen molar-refractivity contribution in [2.24, 2.45) is 0 Å². The molecule has 0 aromatic carbocycles. The van der Waals surface area contributed by atoms with E-state index in [4.69, 9.17) is 5.11 Å². The Kier molecular flexibility index (Phi) is 5.52. The molecule has 1 atom stereocenters. The fraction of sp³-hybridized carbons (Fsp3) is 0.667. The van der Waals surface area contributed by atoms with E-state index in [1.165, 1.54) is 0 Å². The van der Waals surface area contributed by atoms with Crippen LogP contribution in [0.15, 0.2) is 12.2 Å². The summed E-state index contributed by atoms with van der Waals surface area (Å²) in [6.45, 7) is 3.32. The molecule has 0 saturated heterocycles. The molecular formula is C12H20N2O3. The van der Waals surface area contributed by atoms with Crippen LogP contribution in [0.5, 0.6) is 0 Å². The highest BCUT2D eigenvalue weighted by atomic mass is 16.4. The molecule has 96 valence electrons. The molecule has 0 saturated carbocycles. The number of carboxylic acid groups (broad SMARTS) is 1. The van der Waals surface area contributed by atoms with Gasteiger partial charge in [0, 0.05) is 25.6 Å². The zero-order chi connectivity index (χ0) is 12.7. The average molecular weight is 240 g/mol. The number of hydrogen-bond donors (Lipinski definition) is 2. The first kappa shape index (κ1) is 13.5. The van der Waals surface area contributed by atoms with Crippen molar-refractivity contribution in [3.05, 3.63) is 12.2 Å². The van der Waals surface area contributed by atoms with E-state index < -0.39 is 5.97 Å². The number of amides is 2.